The van der Waals surface area contributed by atoms with Crippen LogP contribution in [0.1, 0.15) is 22.3 Å². The highest BCUT2D eigenvalue weighted by atomic mass is 16.5. The standard InChI is InChI=1S/C23H24N2O3/c1-28-15-5-14-24-23(27)18-10-12-20(13-11-18)25-22(26)16-19-8-4-7-17-6-2-3-9-21(17)19/h2-4,6-13H,5,14-16H2,1H3,(H,24,27)(H,25,26). The molecule has 3 aromatic carbocycles. The Morgan fingerprint density at radius 3 is 2.46 bits per heavy atom. The van der Waals surface area contributed by atoms with E-state index in [1.807, 2.05) is 42.5 Å². The summed E-state index contributed by atoms with van der Waals surface area (Å²) in [5, 5.41) is 7.93. The van der Waals surface area contributed by atoms with Crippen LogP contribution in [-0.4, -0.2) is 32.1 Å². The number of methoxy groups -OCH3 is 1. The van der Waals surface area contributed by atoms with Crippen LogP contribution in [0.2, 0.25) is 0 Å². The van der Waals surface area contributed by atoms with Gasteiger partial charge in [0.05, 0.1) is 6.42 Å². The van der Waals surface area contributed by atoms with Crippen LogP contribution in [0.5, 0.6) is 0 Å². The van der Waals surface area contributed by atoms with Crippen molar-refractivity contribution in [3.63, 3.8) is 0 Å². The lowest BCUT2D eigenvalue weighted by Crippen LogP contribution is -2.25. The number of carbonyl (C=O) groups excluding carboxylic acids is 2. The van der Waals surface area contributed by atoms with Crippen molar-refractivity contribution >= 4 is 28.3 Å². The van der Waals surface area contributed by atoms with Crippen molar-refractivity contribution in [2.45, 2.75) is 12.8 Å². The van der Waals surface area contributed by atoms with Gasteiger partial charge in [-0.1, -0.05) is 42.5 Å². The Morgan fingerprint density at radius 2 is 1.68 bits per heavy atom. The van der Waals surface area contributed by atoms with Gasteiger partial charge < -0.3 is 15.4 Å². The fraction of sp³-hybridized carbons (Fsp3) is 0.217. The van der Waals surface area contributed by atoms with Crippen molar-refractivity contribution < 1.29 is 14.3 Å². The highest BCUT2D eigenvalue weighted by molar-refractivity contribution is 5.97. The molecule has 2 N–H and O–H groups in total. The van der Waals surface area contributed by atoms with Crippen LogP contribution in [0.15, 0.2) is 66.7 Å². The molecule has 0 aliphatic heterocycles. The Balaban J connectivity index is 1.58. The van der Waals surface area contributed by atoms with Gasteiger partial charge in [0.15, 0.2) is 0 Å². The van der Waals surface area contributed by atoms with Gasteiger partial charge in [-0.05, 0) is 47.0 Å². The summed E-state index contributed by atoms with van der Waals surface area (Å²) >= 11 is 0. The van der Waals surface area contributed by atoms with Gasteiger partial charge in [-0.15, -0.1) is 0 Å². The second-order valence-corrected chi connectivity index (χ2v) is 6.54. The predicted octanol–water partition coefficient (Wildman–Crippen LogP) is 3.79. The third-order valence-electron chi connectivity index (χ3n) is 4.47. The zero-order chi connectivity index (χ0) is 19.8. The third kappa shape index (κ3) is 5.18. The molecule has 3 rings (SSSR count). The first-order chi connectivity index (χ1) is 13.7. The third-order valence-corrected chi connectivity index (χ3v) is 4.47. The zero-order valence-corrected chi connectivity index (χ0v) is 15.9. The molecular formula is C23H24N2O3. The zero-order valence-electron chi connectivity index (χ0n) is 15.9. The van der Waals surface area contributed by atoms with Crippen LogP contribution >= 0.6 is 0 Å². The van der Waals surface area contributed by atoms with E-state index < -0.39 is 0 Å². The second-order valence-electron chi connectivity index (χ2n) is 6.54. The Bertz CT molecular complexity index is 946. The lowest BCUT2D eigenvalue weighted by molar-refractivity contribution is -0.115. The van der Waals surface area contributed by atoms with E-state index in [0.29, 0.717) is 30.8 Å². The summed E-state index contributed by atoms with van der Waals surface area (Å²) in [6, 6.07) is 20.9. The first-order valence-electron chi connectivity index (χ1n) is 9.31. The van der Waals surface area contributed by atoms with Crippen molar-refractivity contribution in [3.8, 4) is 0 Å². The SMILES string of the molecule is COCCCNC(=O)c1ccc(NC(=O)Cc2cccc3ccccc23)cc1. The number of anilines is 1. The maximum atomic E-state index is 12.4. The lowest BCUT2D eigenvalue weighted by atomic mass is 10.0. The van der Waals surface area contributed by atoms with E-state index in [4.69, 9.17) is 4.74 Å². The number of carbonyl (C=O) groups is 2. The molecule has 144 valence electrons. The molecule has 28 heavy (non-hydrogen) atoms. The molecule has 0 radical (unpaired) electrons. The molecule has 0 heterocycles. The topological polar surface area (TPSA) is 67.4 Å². The van der Waals surface area contributed by atoms with Crippen LogP contribution < -0.4 is 10.6 Å². The minimum Gasteiger partial charge on any atom is -0.385 e. The molecule has 3 aromatic rings. The van der Waals surface area contributed by atoms with Crippen LogP contribution in [0.3, 0.4) is 0 Å². The maximum absolute atomic E-state index is 12.4. The molecule has 2 amide bonds. The number of nitrogens with one attached hydrogen (secondary N) is 2. The van der Waals surface area contributed by atoms with E-state index in [0.717, 1.165) is 22.8 Å². The fourth-order valence-electron chi connectivity index (χ4n) is 3.05. The predicted molar refractivity (Wildman–Crippen MR) is 112 cm³/mol. The first kappa shape index (κ1) is 19.6. The van der Waals surface area contributed by atoms with E-state index in [9.17, 15) is 9.59 Å². The van der Waals surface area contributed by atoms with Crippen LogP contribution in [0, 0.1) is 0 Å². The van der Waals surface area contributed by atoms with E-state index >= 15 is 0 Å². The minimum absolute atomic E-state index is 0.0897. The van der Waals surface area contributed by atoms with Gasteiger partial charge >= 0.3 is 0 Å². The Kier molecular flexibility index (Phi) is 6.76. The molecule has 0 aromatic heterocycles. The Hall–Kier alpha value is -3.18. The van der Waals surface area contributed by atoms with E-state index in [-0.39, 0.29) is 11.8 Å². The minimum atomic E-state index is -0.135. The average molecular weight is 376 g/mol. The number of benzene rings is 3. The molecule has 5 heteroatoms. The van der Waals surface area contributed by atoms with E-state index in [1.165, 1.54) is 0 Å². The number of hydrogen-bond acceptors (Lipinski definition) is 3. The molecular weight excluding hydrogens is 352 g/mol. The number of ether oxygens (including phenoxy) is 1. The molecule has 0 aliphatic rings. The normalized spacial score (nSPS) is 10.6. The number of fused-ring (bicyclic) bond motifs is 1. The molecule has 5 nitrogen and oxygen atoms in total. The molecule has 0 unspecified atom stereocenters. The van der Waals surface area contributed by atoms with Gasteiger partial charge in [0.2, 0.25) is 5.91 Å². The van der Waals surface area contributed by atoms with E-state index in [2.05, 4.69) is 10.6 Å². The van der Waals surface area contributed by atoms with Crippen LogP contribution in [-0.2, 0) is 16.0 Å². The monoisotopic (exact) mass is 376 g/mol. The highest BCUT2D eigenvalue weighted by Crippen LogP contribution is 2.19. The molecule has 0 fully saturated rings. The number of rotatable bonds is 8. The summed E-state index contributed by atoms with van der Waals surface area (Å²) < 4.78 is 4.96. The quantitative estimate of drug-likeness (QED) is 0.588. The maximum Gasteiger partial charge on any atom is 0.251 e. The summed E-state index contributed by atoms with van der Waals surface area (Å²) in [5.74, 6) is -0.224. The van der Waals surface area contributed by atoms with Crippen LogP contribution in [0.25, 0.3) is 10.8 Å². The first-order valence-corrected chi connectivity index (χ1v) is 9.31. The largest absolute Gasteiger partial charge is 0.385 e. The summed E-state index contributed by atoms with van der Waals surface area (Å²) in [5.41, 5.74) is 2.22. The molecule has 0 atom stereocenters. The second kappa shape index (κ2) is 9.67. The molecule has 0 bridgehead atoms. The van der Waals surface area contributed by atoms with Gasteiger partial charge in [0, 0.05) is 31.5 Å². The summed E-state index contributed by atoms with van der Waals surface area (Å²) in [4.78, 5) is 24.5. The molecule has 0 spiro atoms. The average Bonchev–Trinajstić information content (AvgIpc) is 2.72. The fourth-order valence-corrected chi connectivity index (χ4v) is 3.05. The van der Waals surface area contributed by atoms with Crippen molar-refractivity contribution in [1.29, 1.82) is 0 Å². The highest BCUT2D eigenvalue weighted by Gasteiger charge is 2.09. The lowest BCUT2D eigenvalue weighted by Gasteiger charge is -2.09. The molecule has 0 saturated carbocycles. The van der Waals surface area contributed by atoms with Crippen LogP contribution in [0.4, 0.5) is 5.69 Å². The van der Waals surface area contributed by atoms with Gasteiger partial charge in [0.1, 0.15) is 0 Å². The summed E-state index contributed by atoms with van der Waals surface area (Å²) in [6.45, 7) is 1.18. The van der Waals surface area contributed by atoms with Gasteiger partial charge in [-0.3, -0.25) is 9.59 Å². The van der Waals surface area contributed by atoms with Crippen molar-refractivity contribution in [1.82, 2.24) is 5.32 Å². The van der Waals surface area contributed by atoms with Crippen molar-refractivity contribution in [3.05, 3.63) is 77.9 Å². The van der Waals surface area contributed by atoms with E-state index in [1.54, 1.807) is 31.4 Å². The molecule has 0 aliphatic carbocycles. The van der Waals surface area contributed by atoms with Gasteiger partial charge in [-0.2, -0.15) is 0 Å². The van der Waals surface area contributed by atoms with Crippen molar-refractivity contribution in [2.24, 2.45) is 0 Å². The van der Waals surface area contributed by atoms with Gasteiger partial charge in [0.25, 0.3) is 5.91 Å². The van der Waals surface area contributed by atoms with Gasteiger partial charge in [-0.25, -0.2) is 0 Å². The Morgan fingerprint density at radius 1 is 0.929 bits per heavy atom. The smallest absolute Gasteiger partial charge is 0.251 e. The molecule has 0 saturated heterocycles. The summed E-state index contributed by atoms with van der Waals surface area (Å²) in [6.07, 6.45) is 1.06. The number of amides is 2. The summed E-state index contributed by atoms with van der Waals surface area (Å²) in [7, 11) is 1.63. The Labute approximate surface area is 164 Å². The number of hydrogen-bond donors (Lipinski definition) is 2. The van der Waals surface area contributed by atoms with Crippen molar-refractivity contribution in [2.75, 3.05) is 25.6 Å².